The number of carbonyl (C=O) groups is 2. The third-order valence-corrected chi connectivity index (χ3v) is 2.92. The molecule has 0 atom stereocenters. The van der Waals surface area contributed by atoms with Crippen molar-refractivity contribution in [1.82, 2.24) is 10.6 Å². The van der Waals surface area contributed by atoms with E-state index >= 15 is 0 Å². The maximum atomic E-state index is 11.6. The normalized spacial score (nSPS) is 10.4. The van der Waals surface area contributed by atoms with Crippen molar-refractivity contribution in [2.24, 2.45) is 0 Å². The summed E-state index contributed by atoms with van der Waals surface area (Å²) in [4.78, 5) is 23.0. The molecule has 3 N–H and O–H groups in total. The van der Waals surface area contributed by atoms with Crippen molar-refractivity contribution >= 4 is 33.4 Å². The van der Waals surface area contributed by atoms with Gasteiger partial charge in [0.15, 0.2) is 0 Å². The molecule has 0 spiro atoms. The first-order chi connectivity index (χ1) is 9.47. The molecule has 0 heterocycles. The Balaban J connectivity index is 2.17. The number of hydrogen-bond donors (Lipinski definition) is 3. The van der Waals surface area contributed by atoms with Gasteiger partial charge in [-0.15, -0.1) is 0 Å². The predicted octanol–water partition coefficient (Wildman–Crippen LogP) is 1.89. The van der Waals surface area contributed by atoms with Crippen LogP contribution in [0.4, 0.5) is 5.69 Å². The molecule has 0 aliphatic carbocycles. The fraction of sp³-hybridized carbons (Fsp3) is 0.429. The lowest BCUT2D eigenvalue weighted by atomic mass is 10.3. The van der Waals surface area contributed by atoms with E-state index in [1.54, 1.807) is 0 Å². The van der Waals surface area contributed by atoms with Gasteiger partial charge in [0.1, 0.15) is 0 Å². The number of amides is 2. The van der Waals surface area contributed by atoms with Crippen molar-refractivity contribution in [3.63, 3.8) is 0 Å². The predicted molar refractivity (Wildman–Crippen MR) is 83.5 cm³/mol. The summed E-state index contributed by atoms with van der Waals surface area (Å²) in [7, 11) is 0. The van der Waals surface area contributed by atoms with Crippen LogP contribution in [0.1, 0.15) is 20.3 Å². The summed E-state index contributed by atoms with van der Waals surface area (Å²) in [6.45, 7) is 4.49. The highest BCUT2D eigenvalue weighted by atomic mass is 79.9. The van der Waals surface area contributed by atoms with Crippen molar-refractivity contribution in [1.29, 1.82) is 0 Å². The van der Waals surface area contributed by atoms with Crippen LogP contribution in [-0.4, -0.2) is 30.9 Å². The quantitative estimate of drug-likeness (QED) is 0.663. The minimum absolute atomic E-state index is 0.0131. The van der Waals surface area contributed by atoms with Gasteiger partial charge in [-0.2, -0.15) is 0 Å². The van der Waals surface area contributed by atoms with Crippen molar-refractivity contribution in [3.8, 4) is 0 Å². The molecular weight excluding hydrogens is 322 g/mol. The van der Waals surface area contributed by atoms with Gasteiger partial charge in [-0.1, -0.05) is 15.9 Å². The first-order valence-electron chi connectivity index (χ1n) is 6.53. The fourth-order valence-electron chi connectivity index (χ4n) is 1.54. The Morgan fingerprint density at radius 3 is 2.40 bits per heavy atom. The molecule has 0 aromatic heterocycles. The van der Waals surface area contributed by atoms with E-state index in [0.717, 1.165) is 10.2 Å². The molecule has 1 rings (SSSR count). The first kappa shape index (κ1) is 16.7. The van der Waals surface area contributed by atoms with Crippen LogP contribution in [0.5, 0.6) is 0 Å². The standard InChI is InChI=1S/C14H20BrN3O2/c1-10(2)17-13(19)7-8-16-9-14(20)18-12-5-3-11(15)4-6-12/h3-6,10,16H,7-9H2,1-2H3,(H,17,19)(H,18,20). The monoisotopic (exact) mass is 341 g/mol. The van der Waals surface area contributed by atoms with E-state index in [9.17, 15) is 9.59 Å². The highest BCUT2D eigenvalue weighted by molar-refractivity contribution is 9.10. The zero-order valence-corrected chi connectivity index (χ0v) is 13.3. The Labute approximate surface area is 127 Å². The maximum absolute atomic E-state index is 11.6. The van der Waals surface area contributed by atoms with Gasteiger partial charge in [-0.05, 0) is 38.1 Å². The lowest BCUT2D eigenvalue weighted by molar-refractivity contribution is -0.121. The molecule has 5 nitrogen and oxygen atoms in total. The number of nitrogens with one attached hydrogen (secondary N) is 3. The van der Waals surface area contributed by atoms with E-state index in [-0.39, 0.29) is 24.4 Å². The number of anilines is 1. The first-order valence-corrected chi connectivity index (χ1v) is 7.32. The second-order valence-corrected chi connectivity index (χ2v) is 5.62. The largest absolute Gasteiger partial charge is 0.354 e. The van der Waals surface area contributed by atoms with Crippen LogP contribution in [0.3, 0.4) is 0 Å². The number of hydrogen-bond acceptors (Lipinski definition) is 3. The minimum atomic E-state index is -0.128. The summed E-state index contributed by atoms with van der Waals surface area (Å²) >= 11 is 3.33. The number of benzene rings is 1. The van der Waals surface area contributed by atoms with Gasteiger partial charge in [0, 0.05) is 29.2 Å². The number of carbonyl (C=O) groups excluding carboxylic acids is 2. The van der Waals surface area contributed by atoms with E-state index in [1.807, 2.05) is 38.1 Å². The van der Waals surface area contributed by atoms with Gasteiger partial charge in [0.05, 0.1) is 6.54 Å². The van der Waals surface area contributed by atoms with E-state index in [2.05, 4.69) is 31.9 Å². The van der Waals surface area contributed by atoms with Crippen LogP contribution in [-0.2, 0) is 9.59 Å². The van der Waals surface area contributed by atoms with Crippen LogP contribution in [0.15, 0.2) is 28.7 Å². The molecular formula is C14H20BrN3O2. The molecule has 0 fully saturated rings. The molecule has 6 heteroatoms. The minimum Gasteiger partial charge on any atom is -0.354 e. The lowest BCUT2D eigenvalue weighted by Gasteiger charge is -2.09. The van der Waals surface area contributed by atoms with Gasteiger partial charge in [0.25, 0.3) is 0 Å². The molecule has 0 unspecified atom stereocenters. The zero-order valence-electron chi connectivity index (χ0n) is 11.7. The average Bonchev–Trinajstić information content (AvgIpc) is 2.37. The topological polar surface area (TPSA) is 70.2 Å². The highest BCUT2D eigenvalue weighted by Crippen LogP contribution is 2.13. The number of halogens is 1. The number of rotatable bonds is 7. The molecule has 0 aliphatic heterocycles. The van der Waals surface area contributed by atoms with Gasteiger partial charge in [-0.3, -0.25) is 9.59 Å². The van der Waals surface area contributed by atoms with Crippen molar-refractivity contribution in [3.05, 3.63) is 28.7 Å². The Morgan fingerprint density at radius 2 is 1.80 bits per heavy atom. The van der Waals surface area contributed by atoms with Crippen LogP contribution in [0.25, 0.3) is 0 Å². The Hall–Kier alpha value is -1.40. The summed E-state index contributed by atoms with van der Waals surface area (Å²) < 4.78 is 0.963. The summed E-state index contributed by atoms with van der Waals surface area (Å²) in [6, 6.07) is 7.50. The van der Waals surface area contributed by atoms with E-state index in [1.165, 1.54) is 0 Å². The molecule has 110 valence electrons. The van der Waals surface area contributed by atoms with Crippen LogP contribution >= 0.6 is 15.9 Å². The Bertz CT molecular complexity index is 446. The van der Waals surface area contributed by atoms with Gasteiger partial charge in [-0.25, -0.2) is 0 Å². The Morgan fingerprint density at radius 1 is 1.15 bits per heavy atom. The third-order valence-electron chi connectivity index (χ3n) is 2.39. The van der Waals surface area contributed by atoms with Crippen molar-refractivity contribution in [2.75, 3.05) is 18.4 Å². The van der Waals surface area contributed by atoms with Crippen LogP contribution < -0.4 is 16.0 Å². The molecule has 1 aromatic carbocycles. The van der Waals surface area contributed by atoms with E-state index in [4.69, 9.17) is 0 Å². The molecule has 0 bridgehead atoms. The second-order valence-electron chi connectivity index (χ2n) is 4.70. The zero-order chi connectivity index (χ0) is 15.0. The maximum Gasteiger partial charge on any atom is 0.238 e. The fourth-order valence-corrected chi connectivity index (χ4v) is 1.80. The SMILES string of the molecule is CC(C)NC(=O)CCNCC(=O)Nc1ccc(Br)cc1. The van der Waals surface area contributed by atoms with E-state index in [0.29, 0.717) is 13.0 Å². The molecule has 0 radical (unpaired) electrons. The summed E-state index contributed by atoms with van der Waals surface area (Å²) in [5.41, 5.74) is 0.748. The van der Waals surface area contributed by atoms with Gasteiger partial charge < -0.3 is 16.0 Å². The Kier molecular flexibility index (Phi) is 7.25. The lowest BCUT2D eigenvalue weighted by Crippen LogP contribution is -2.34. The van der Waals surface area contributed by atoms with Crippen molar-refractivity contribution < 1.29 is 9.59 Å². The van der Waals surface area contributed by atoms with Crippen LogP contribution in [0.2, 0.25) is 0 Å². The summed E-state index contributed by atoms with van der Waals surface area (Å²) in [6.07, 6.45) is 0.365. The average molecular weight is 342 g/mol. The molecule has 1 aromatic rings. The molecule has 0 saturated carbocycles. The van der Waals surface area contributed by atoms with Crippen LogP contribution in [0, 0.1) is 0 Å². The highest BCUT2D eigenvalue weighted by Gasteiger charge is 2.04. The molecule has 0 aliphatic rings. The van der Waals surface area contributed by atoms with Gasteiger partial charge in [0.2, 0.25) is 11.8 Å². The smallest absolute Gasteiger partial charge is 0.238 e. The molecule has 2 amide bonds. The summed E-state index contributed by atoms with van der Waals surface area (Å²) in [5.74, 6) is -0.141. The molecule has 20 heavy (non-hydrogen) atoms. The van der Waals surface area contributed by atoms with Gasteiger partial charge >= 0.3 is 0 Å². The summed E-state index contributed by atoms with van der Waals surface area (Å²) in [5, 5.41) is 8.50. The second kappa shape index (κ2) is 8.71. The van der Waals surface area contributed by atoms with E-state index < -0.39 is 0 Å². The molecule has 0 saturated heterocycles. The van der Waals surface area contributed by atoms with Crippen molar-refractivity contribution in [2.45, 2.75) is 26.3 Å². The third kappa shape index (κ3) is 7.25.